The smallest absolute Gasteiger partial charge is 0.253 e. The highest BCUT2D eigenvalue weighted by Crippen LogP contribution is 2.34. The maximum absolute atomic E-state index is 13.7. The van der Waals surface area contributed by atoms with Crippen LogP contribution in [-0.4, -0.2) is 67.5 Å². The van der Waals surface area contributed by atoms with Crippen LogP contribution in [0.5, 0.6) is 5.75 Å². The second-order valence-electron chi connectivity index (χ2n) is 9.52. The van der Waals surface area contributed by atoms with E-state index in [9.17, 15) is 22.7 Å². The number of nitrogens with zero attached hydrogens (tertiary/aromatic N) is 2. The Hall–Kier alpha value is -2.93. The van der Waals surface area contributed by atoms with E-state index in [2.05, 4.69) is 11.8 Å². The number of halogens is 1. The predicted molar refractivity (Wildman–Crippen MR) is 136 cm³/mol. The van der Waals surface area contributed by atoms with E-state index in [1.54, 1.807) is 26.1 Å². The quantitative estimate of drug-likeness (QED) is 0.616. The summed E-state index contributed by atoms with van der Waals surface area (Å²) in [6, 6.07) is 9.51. The molecule has 1 amide bonds. The molecule has 0 fully saturated rings. The van der Waals surface area contributed by atoms with Crippen molar-refractivity contribution in [3.05, 3.63) is 59.4 Å². The molecule has 0 saturated carbocycles. The van der Waals surface area contributed by atoms with E-state index in [0.29, 0.717) is 5.56 Å². The molecule has 2 aromatic carbocycles. The number of aliphatic hydroxyl groups excluding tert-OH is 1. The van der Waals surface area contributed by atoms with Crippen molar-refractivity contribution in [2.24, 2.45) is 11.8 Å². The Morgan fingerprint density at radius 3 is 2.61 bits per heavy atom. The van der Waals surface area contributed by atoms with Gasteiger partial charge in [-0.2, -0.15) is 4.31 Å². The third kappa shape index (κ3) is 6.25. The van der Waals surface area contributed by atoms with Gasteiger partial charge in [-0.15, -0.1) is 0 Å². The van der Waals surface area contributed by atoms with Gasteiger partial charge in [-0.05, 0) is 43.3 Å². The van der Waals surface area contributed by atoms with Crippen molar-refractivity contribution in [1.82, 2.24) is 9.21 Å². The monoisotopic (exact) mass is 516 g/mol. The number of ether oxygens (including phenoxy) is 1. The summed E-state index contributed by atoms with van der Waals surface area (Å²) in [5, 5.41) is 9.78. The summed E-state index contributed by atoms with van der Waals surface area (Å²) < 4.78 is 48.3. The van der Waals surface area contributed by atoms with Crippen molar-refractivity contribution in [3.8, 4) is 17.6 Å². The zero-order valence-electron chi connectivity index (χ0n) is 21.2. The van der Waals surface area contributed by atoms with Gasteiger partial charge in [0.25, 0.3) is 5.91 Å². The molecule has 0 aromatic heterocycles. The number of hydrogen-bond donors (Lipinski definition) is 1. The first-order chi connectivity index (χ1) is 16.9. The van der Waals surface area contributed by atoms with Crippen LogP contribution in [0.25, 0.3) is 0 Å². The van der Waals surface area contributed by atoms with Crippen LogP contribution in [0.1, 0.15) is 43.6 Å². The maximum Gasteiger partial charge on any atom is 0.253 e. The topological polar surface area (TPSA) is 87.2 Å². The number of carbonyl (C=O) groups is 1. The van der Waals surface area contributed by atoms with Crippen LogP contribution in [0.3, 0.4) is 0 Å². The molecule has 7 nitrogen and oxygen atoms in total. The minimum atomic E-state index is -3.97. The first-order valence-corrected chi connectivity index (χ1v) is 13.3. The Kier molecular flexibility index (Phi) is 8.77. The van der Waals surface area contributed by atoms with Crippen LogP contribution in [0.15, 0.2) is 47.4 Å². The number of benzene rings is 2. The van der Waals surface area contributed by atoms with Gasteiger partial charge in [0.05, 0.1) is 13.2 Å². The van der Waals surface area contributed by atoms with Crippen LogP contribution in [0.4, 0.5) is 4.39 Å². The van der Waals surface area contributed by atoms with E-state index >= 15 is 0 Å². The number of fused-ring (bicyclic) bond motifs is 1. The largest absolute Gasteiger partial charge is 0.487 e. The normalized spacial score (nSPS) is 20.2. The highest BCUT2D eigenvalue weighted by atomic mass is 32.2. The average molecular weight is 517 g/mol. The van der Waals surface area contributed by atoms with Gasteiger partial charge < -0.3 is 14.7 Å². The average Bonchev–Trinajstić information content (AvgIpc) is 2.83. The lowest BCUT2D eigenvalue weighted by atomic mass is 10.0. The molecule has 1 aliphatic rings. The van der Waals surface area contributed by atoms with Crippen molar-refractivity contribution in [2.45, 2.75) is 44.7 Å². The molecule has 0 spiro atoms. The van der Waals surface area contributed by atoms with E-state index in [0.717, 1.165) is 0 Å². The Labute approximate surface area is 212 Å². The number of amides is 1. The first-order valence-electron chi connectivity index (χ1n) is 11.9. The zero-order chi connectivity index (χ0) is 26.6. The van der Waals surface area contributed by atoms with Gasteiger partial charge in [-0.1, -0.05) is 38.7 Å². The number of sulfonamides is 1. The number of likely N-dealkylation sites (N-methyl/N-ethyl adjacent to an activating group) is 1. The van der Waals surface area contributed by atoms with Crippen molar-refractivity contribution >= 4 is 15.9 Å². The number of rotatable bonds is 5. The van der Waals surface area contributed by atoms with Gasteiger partial charge in [0.2, 0.25) is 10.0 Å². The van der Waals surface area contributed by atoms with Crippen LogP contribution >= 0.6 is 0 Å². The Bertz CT molecular complexity index is 1270. The van der Waals surface area contributed by atoms with Crippen molar-refractivity contribution in [1.29, 1.82) is 0 Å². The van der Waals surface area contributed by atoms with E-state index in [1.807, 2.05) is 20.8 Å². The summed E-state index contributed by atoms with van der Waals surface area (Å²) in [4.78, 5) is 14.4. The summed E-state index contributed by atoms with van der Waals surface area (Å²) in [6.45, 7) is 7.28. The van der Waals surface area contributed by atoms with Gasteiger partial charge in [0, 0.05) is 42.6 Å². The zero-order valence-corrected chi connectivity index (χ0v) is 22.0. The molecule has 1 N–H and O–H groups in total. The highest BCUT2D eigenvalue weighted by molar-refractivity contribution is 7.89. The molecule has 194 valence electrons. The Balaban J connectivity index is 2.02. The second kappa shape index (κ2) is 11.4. The highest BCUT2D eigenvalue weighted by Gasteiger charge is 2.38. The van der Waals surface area contributed by atoms with Gasteiger partial charge in [0.1, 0.15) is 22.6 Å². The summed E-state index contributed by atoms with van der Waals surface area (Å²) in [7, 11) is -2.38. The molecular weight excluding hydrogens is 483 g/mol. The van der Waals surface area contributed by atoms with Crippen LogP contribution in [-0.2, 0) is 10.0 Å². The molecule has 1 aliphatic heterocycles. The van der Waals surface area contributed by atoms with Crippen LogP contribution in [0, 0.1) is 29.5 Å². The first kappa shape index (κ1) is 27.7. The van der Waals surface area contributed by atoms with Gasteiger partial charge in [0.15, 0.2) is 0 Å². The van der Waals surface area contributed by atoms with Gasteiger partial charge >= 0.3 is 0 Å². The standard InChI is InChI=1S/C27H33FN2O5S/c1-18(2)9-10-21-11-12-26-24(13-21)35-25(19(3)15-30(20(4)17-31)36(26,33)34)16-29(5)27(32)22-7-6-8-23(28)14-22/h6-8,11-14,18-20,25,31H,15-17H2,1-5H3/t19-,20-,25+/m1/s1. The maximum atomic E-state index is 13.7. The number of aliphatic hydroxyl groups is 1. The molecule has 0 unspecified atom stereocenters. The minimum Gasteiger partial charge on any atom is -0.487 e. The third-order valence-corrected chi connectivity index (χ3v) is 8.06. The lowest BCUT2D eigenvalue weighted by Gasteiger charge is -2.37. The fraction of sp³-hybridized carbons (Fsp3) is 0.444. The van der Waals surface area contributed by atoms with Gasteiger partial charge in [-0.3, -0.25) is 4.79 Å². The van der Waals surface area contributed by atoms with Crippen LogP contribution < -0.4 is 4.74 Å². The fourth-order valence-corrected chi connectivity index (χ4v) is 5.77. The summed E-state index contributed by atoms with van der Waals surface area (Å²) in [5.41, 5.74) is 0.816. The molecule has 3 rings (SSSR count). The molecular formula is C27H33FN2O5S. The van der Waals surface area contributed by atoms with Gasteiger partial charge in [-0.25, -0.2) is 12.8 Å². The predicted octanol–water partition coefficient (Wildman–Crippen LogP) is 3.37. The molecule has 1 heterocycles. The Morgan fingerprint density at radius 1 is 1.25 bits per heavy atom. The van der Waals surface area contributed by atoms with E-state index in [4.69, 9.17) is 4.74 Å². The van der Waals surface area contributed by atoms with Crippen molar-refractivity contribution in [3.63, 3.8) is 0 Å². The van der Waals surface area contributed by atoms with Crippen molar-refractivity contribution < 1.29 is 27.4 Å². The molecule has 0 radical (unpaired) electrons. The molecule has 0 saturated heterocycles. The lowest BCUT2D eigenvalue weighted by molar-refractivity contribution is 0.0563. The SMILES string of the molecule is CC(C)C#Cc1ccc2c(c1)O[C@@H](CN(C)C(=O)c1cccc(F)c1)[C@H](C)CN([C@H](C)CO)S2(=O)=O. The van der Waals surface area contributed by atoms with E-state index in [-0.39, 0.29) is 53.6 Å². The summed E-state index contributed by atoms with van der Waals surface area (Å²) in [5.74, 6) is 5.15. The molecule has 3 atom stereocenters. The summed E-state index contributed by atoms with van der Waals surface area (Å²) in [6.07, 6.45) is -0.580. The molecule has 0 aliphatic carbocycles. The van der Waals surface area contributed by atoms with E-state index < -0.39 is 28.0 Å². The fourth-order valence-electron chi connectivity index (χ4n) is 3.94. The molecule has 9 heteroatoms. The van der Waals surface area contributed by atoms with Crippen molar-refractivity contribution in [2.75, 3.05) is 26.7 Å². The van der Waals surface area contributed by atoms with Crippen LogP contribution in [0.2, 0.25) is 0 Å². The number of hydrogen-bond acceptors (Lipinski definition) is 5. The summed E-state index contributed by atoms with van der Waals surface area (Å²) >= 11 is 0. The third-order valence-electron chi connectivity index (χ3n) is 6.04. The van der Waals surface area contributed by atoms with E-state index in [1.165, 1.54) is 39.5 Å². The number of carbonyl (C=O) groups excluding carboxylic acids is 1. The Morgan fingerprint density at radius 2 is 1.97 bits per heavy atom. The molecule has 36 heavy (non-hydrogen) atoms. The second-order valence-corrected chi connectivity index (χ2v) is 11.4. The lowest BCUT2D eigenvalue weighted by Crippen LogP contribution is -2.50. The minimum absolute atomic E-state index is 0.0195. The molecule has 2 aromatic rings. The molecule has 0 bridgehead atoms.